The average molecular weight is 600 g/mol. The predicted molar refractivity (Wildman–Crippen MR) is 168 cm³/mol. The molecule has 0 aliphatic carbocycles. The van der Waals surface area contributed by atoms with E-state index < -0.39 is 28.5 Å². The van der Waals surface area contributed by atoms with E-state index in [0.29, 0.717) is 12.3 Å². The Morgan fingerprint density at radius 1 is 0.814 bits per heavy atom. The summed E-state index contributed by atoms with van der Waals surface area (Å²) in [4.78, 5) is 29.5. The van der Waals surface area contributed by atoms with Crippen molar-refractivity contribution < 1.29 is 22.7 Å². The number of aryl methyl sites for hydroxylation is 1. The first-order chi connectivity index (χ1) is 20.7. The maximum Gasteiger partial charge on any atom is 0.264 e. The van der Waals surface area contributed by atoms with Crippen LogP contribution in [0.25, 0.3) is 0 Å². The van der Waals surface area contributed by atoms with Crippen molar-refractivity contribution in [2.24, 2.45) is 0 Å². The van der Waals surface area contributed by atoms with Crippen LogP contribution in [0.3, 0.4) is 0 Å². The van der Waals surface area contributed by atoms with Crippen LogP contribution in [0, 0.1) is 6.92 Å². The number of para-hydroxylation sites is 2. The van der Waals surface area contributed by atoms with Gasteiger partial charge in [-0.1, -0.05) is 90.5 Å². The van der Waals surface area contributed by atoms with Crippen LogP contribution in [0.4, 0.5) is 5.69 Å². The molecule has 2 amide bonds. The van der Waals surface area contributed by atoms with Crippen LogP contribution in [0.5, 0.6) is 5.75 Å². The van der Waals surface area contributed by atoms with Gasteiger partial charge >= 0.3 is 0 Å². The highest BCUT2D eigenvalue weighted by atomic mass is 32.2. The summed E-state index contributed by atoms with van der Waals surface area (Å²) in [5.74, 6) is -0.552. The Kier molecular flexibility index (Phi) is 10.6. The number of carbonyl (C=O) groups excluding carboxylic acids is 2. The number of hydrogen-bond acceptors (Lipinski definition) is 5. The first kappa shape index (κ1) is 31.3. The average Bonchev–Trinajstić information content (AvgIpc) is 3.03. The minimum Gasteiger partial charge on any atom is -0.495 e. The molecule has 0 aliphatic heterocycles. The SMILES string of the molecule is CCNC(=O)[C@H](Cc1ccccc1)N(Cc1ccc(C)cc1)C(=O)CN(c1ccccc1OC)S(=O)(=O)c1ccccc1. The lowest BCUT2D eigenvalue weighted by molar-refractivity contribution is -0.140. The fourth-order valence-corrected chi connectivity index (χ4v) is 6.25. The number of nitrogens with zero attached hydrogens (tertiary/aromatic N) is 2. The van der Waals surface area contributed by atoms with E-state index in [1.807, 2.05) is 68.4 Å². The lowest BCUT2D eigenvalue weighted by atomic mass is 10.0. The van der Waals surface area contributed by atoms with E-state index in [2.05, 4.69) is 5.32 Å². The molecule has 0 unspecified atom stereocenters. The number of methoxy groups -OCH3 is 1. The van der Waals surface area contributed by atoms with Gasteiger partial charge < -0.3 is 15.0 Å². The van der Waals surface area contributed by atoms with E-state index in [4.69, 9.17) is 4.74 Å². The number of likely N-dealkylation sites (N-methyl/N-ethyl adjacent to an activating group) is 1. The van der Waals surface area contributed by atoms with Gasteiger partial charge in [0.1, 0.15) is 18.3 Å². The van der Waals surface area contributed by atoms with Crippen molar-refractivity contribution in [3.05, 3.63) is 126 Å². The molecule has 0 saturated carbocycles. The molecule has 1 N–H and O–H groups in total. The van der Waals surface area contributed by atoms with Crippen LogP contribution in [-0.2, 0) is 32.6 Å². The molecule has 4 aromatic carbocycles. The van der Waals surface area contributed by atoms with Gasteiger partial charge in [0, 0.05) is 19.5 Å². The van der Waals surface area contributed by atoms with E-state index in [1.54, 1.807) is 42.5 Å². The van der Waals surface area contributed by atoms with Crippen molar-refractivity contribution in [3.63, 3.8) is 0 Å². The van der Waals surface area contributed by atoms with E-state index in [1.165, 1.54) is 24.1 Å². The van der Waals surface area contributed by atoms with Crippen molar-refractivity contribution in [1.82, 2.24) is 10.2 Å². The summed E-state index contributed by atoms with van der Waals surface area (Å²) in [6, 6.07) is 30.9. The van der Waals surface area contributed by atoms with Crippen LogP contribution in [0.15, 0.2) is 114 Å². The van der Waals surface area contributed by atoms with Crippen molar-refractivity contribution in [1.29, 1.82) is 0 Å². The number of nitrogens with one attached hydrogen (secondary N) is 1. The Labute approximate surface area is 254 Å². The highest BCUT2D eigenvalue weighted by Gasteiger charge is 2.35. The predicted octanol–water partition coefficient (Wildman–Crippen LogP) is 4.98. The maximum atomic E-state index is 14.4. The Hall–Kier alpha value is -4.63. The number of ether oxygens (including phenoxy) is 1. The number of sulfonamides is 1. The van der Waals surface area contributed by atoms with E-state index in [0.717, 1.165) is 21.0 Å². The molecule has 224 valence electrons. The molecule has 43 heavy (non-hydrogen) atoms. The molecule has 8 nitrogen and oxygen atoms in total. The van der Waals surface area contributed by atoms with Gasteiger partial charge in [-0.15, -0.1) is 0 Å². The molecule has 0 fully saturated rings. The van der Waals surface area contributed by atoms with Gasteiger partial charge in [0.2, 0.25) is 11.8 Å². The Bertz CT molecular complexity index is 1610. The molecule has 0 aromatic heterocycles. The molecular weight excluding hydrogens is 562 g/mol. The Balaban J connectivity index is 1.81. The van der Waals surface area contributed by atoms with Gasteiger partial charge in [0.05, 0.1) is 17.7 Å². The normalized spacial score (nSPS) is 11.8. The maximum absolute atomic E-state index is 14.4. The van der Waals surface area contributed by atoms with Gasteiger partial charge in [-0.25, -0.2) is 8.42 Å². The highest BCUT2D eigenvalue weighted by molar-refractivity contribution is 7.92. The van der Waals surface area contributed by atoms with Gasteiger partial charge in [0.25, 0.3) is 10.0 Å². The van der Waals surface area contributed by atoms with Crippen LogP contribution >= 0.6 is 0 Å². The first-order valence-corrected chi connectivity index (χ1v) is 15.6. The third-order valence-corrected chi connectivity index (χ3v) is 8.83. The molecule has 0 radical (unpaired) electrons. The number of carbonyl (C=O) groups is 2. The Morgan fingerprint density at radius 2 is 1.42 bits per heavy atom. The molecule has 1 atom stereocenters. The van der Waals surface area contributed by atoms with Crippen molar-refractivity contribution in [2.45, 2.75) is 37.8 Å². The number of anilines is 1. The molecule has 9 heteroatoms. The lowest BCUT2D eigenvalue weighted by Crippen LogP contribution is -2.53. The topological polar surface area (TPSA) is 96.0 Å². The smallest absolute Gasteiger partial charge is 0.264 e. The summed E-state index contributed by atoms with van der Waals surface area (Å²) in [6.07, 6.45) is 0.254. The largest absolute Gasteiger partial charge is 0.495 e. The summed E-state index contributed by atoms with van der Waals surface area (Å²) in [5.41, 5.74) is 2.97. The second-order valence-corrected chi connectivity index (χ2v) is 12.0. The van der Waals surface area contributed by atoms with Crippen LogP contribution in [0.2, 0.25) is 0 Å². The summed E-state index contributed by atoms with van der Waals surface area (Å²) >= 11 is 0. The molecule has 0 aliphatic rings. The van der Waals surface area contributed by atoms with Crippen molar-refractivity contribution >= 4 is 27.5 Å². The van der Waals surface area contributed by atoms with Gasteiger partial charge in [-0.2, -0.15) is 0 Å². The van der Waals surface area contributed by atoms with Gasteiger partial charge in [-0.3, -0.25) is 13.9 Å². The summed E-state index contributed by atoms with van der Waals surface area (Å²) < 4.78 is 34.7. The summed E-state index contributed by atoms with van der Waals surface area (Å²) in [5, 5.41) is 2.87. The zero-order valence-corrected chi connectivity index (χ0v) is 25.5. The van der Waals surface area contributed by atoms with Crippen LogP contribution in [-0.4, -0.2) is 51.4 Å². The van der Waals surface area contributed by atoms with Gasteiger partial charge in [0.15, 0.2) is 0 Å². The second-order valence-electron chi connectivity index (χ2n) is 10.1. The quantitative estimate of drug-likeness (QED) is 0.234. The molecule has 0 spiro atoms. The van der Waals surface area contributed by atoms with Crippen LogP contribution in [0.1, 0.15) is 23.6 Å². The first-order valence-electron chi connectivity index (χ1n) is 14.1. The molecule has 0 bridgehead atoms. The number of rotatable bonds is 13. The Morgan fingerprint density at radius 3 is 2.05 bits per heavy atom. The fraction of sp³-hybridized carbons (Fsp3) is 0.235. The number of benzene rings is 4. The minimum absolute atomic E-state index is 0.0309. The minimum atomic E-state index is -4.20. The van der Waals surface area contributed by atoms with E-state index >= 15 is 0 Å². The molecule has 0 saturated heterocycles. The van der Waals surface area contributed by atoms with Gasteiger partial charge in [-0.05, 0) is 49.2 Å². The molecule has 4 rings (SSSR count). The van der Waals surface area contributed by atoms with Crippen molar-refractivity contribution in [3.8, 4) is 5.75 Å². The van der Waals surface area contributed by atoms with Crippen LogP contribution < -0.4 is 14.4 Å². The third-order valence-electron chi connectivity index (χ3n) is 7.06. The highest BCUT2D eigenvalue weighted by Crippen LogP contribution is 2.32. The lowest BCUT2D eigenvalue weighted by Gasteiger charge is -2.34. The van der Waals surface area contributed by atoms with E-state index in [-0.39, 0.29) is 29.5 Å². The summed E-state index contributed by atoms with van der Waals surface area (Å²) in [6.45, 7) is 3.73. The molecule has 4 aromatic rings. The molecular formula is C34H37N3O5S. The number of amides is 2. The zero-order valence-electron chi connectivity index (χ0n) is 24.6. The zero-order chi connectivity index (χ0) is 30.8. The third kappa shape index (κ3) is 7.81. The second kappa shape index (κ2) is 14.5. The van der Waals surface area contributed by atoms with Crippen molar-refractivity contribution in [2.75, 3.05) is 24.5 Å². The monoisotopic (exact) mass is 599 g/mol. The standard InChI is InChI=1S/C34H37N3O5S/c1-4-35-34(39)31(23-27-13-7-5-8-14-27)36(24-28-21-19-26(2)20-22-28)33(38)25-37(30-17-11-12-18-32(30)42-3)43(40,41)29-15-9-6-10-16-29/h5-22,31H,4,23-25H2,1-3H3,(H,35,39)/t31-/m0/s1. The van der Waals surface area contributed by atoms with E-state index in [9.17, 15) is 18.0 Å². The number of hydrogen-bond donors (Lipinski definition) is 1. The molecule has 0 heterocycles. The fourth-order valence-electron chi connectivity index (χ4n) is 4.81. The summed E-state index contributed by atoms with van der Waals surface area (Å²) in [7, 11) is -2.76.